The molecule has 2 rings (SSSR count). The lowest BCUT2D eigenvalue weighted by atomic mass is 10.1. The minimum Gasteiger partial charge on any atom is -0.508 e. The number of aromatic hydroxyl groups is 1. The first kappa shape index (κ1) is 14.6. The van der Waals surface area contributed by atoms with Crippen molar-refractivity contribution in [1.29, 1.82) is 0 Å². The van der Waals surface area contributed by atoms with Crippen molar-refractivity contribution in [1.82, 2.24) is 9.97 Å². The Morgan fingerprint density at radius 1 is 1.38 bits per heavy atom. The van der Waals surface area contributed by atoms with Gasteiger partial charge in [0, 0.05) is 12.6 Å². The van der Waals surface area contributed by atoms with Crippen LogP contribution in [-0.2, 0) is 0 Å². The van der Waals surface area contributed by atoms with Gasteiger partial charge >= 0.3 is 5.97 Å². The average molecular weight is 289 g/mol. The third-order valence-corrected chi connectivity index (χ3v) is 3.10. The fourth-order valence-corrected chi connectivity index (χ4v) is 2.06. The zero-order valence-electron chi connectivity index (χ0n) is 11.6. The molecule has 110 valence electrons. The summed E-state index contributed by atoms with van der Waals surface area (Å²) < 4.78 is 0. The number of carboxylic acid groups (broad SMARTS) is 1. The highest BCUT2D eigenvalue weighted by Crippen LogP contribution is 2.26. The molecule has 3 N–H and O–H groups in total. The maximum Gasteiger partial charge on any atom is 0.354 e. The van der Waals surface area contributed by atoms with E-state index in [0.717, 1.165) is 5.56 Å². The fourth-order valence-electron chi connectivity index (χ4n) is 2.06. The number of benzene rings is 1. The standard InChI is InChI=1S/C14H15N3O4/c1-3-17(10-6-9(18)5-4-8(10)2)13(19)11-12(14(20)21)16-7-15-11/h4-7,18H,3H2,1-2H3,(H,15,16)(H,20,21). The van der Waals surface area contributed by atoms with Gasteiger partial charge in [-0.1, -0.05) is 6.07 Å². The minimum absolute atomic E-state index is 0.0299. The van der Waals surface area contributed by atoms with E-state index in [-0.39, 0.29) is 17.1 Å². The summed E-state index contributed by atoms with van der Waals surface area (Å²) in [6.45, 7) is 3.87. The molecule has 0 fully saturated rings. The van der Waals surface area contributed by atoms with E-state index >= 15 is 0 Å². The molecule has 1 amide bonds. The molecule has 1 aromatic carbocycles. The Morgan fingerprint density at radius 3 is 2.71 bits per heavy atom. The highest BCUT2D eigenvalue weighted by Gasteiger charge is 2.25. The van der Waals surface area contributed by atoms with Crippen molar-refractivity contribution >= 4 is 17.6 Å². The Kier molecular flexibility index (Phi) is 3.93. The van der Waals surface area contributed by atoms with Crippen molar-refractivity contribution in [2.45, 2.75) is 13.8 Å². The second-order valence-electron chi connectivity index (χ2n) is 4.45. The summed E-state index contributed by atoms with van der Waals surface area (Å²) in [5.41, 5.74) is 0.889. The topological polar surface area (TPSA) is 107 Å². The molecule has 21 heavy (non-hydrogen) atoms. The number of carboxylic acids is 1. The summed E-state index contributed by atoms with van der Waals surface area (Å²) in [6, 6.07) is 4.67. The van der Waals surface area contributed by atoms with Crippen molar-refractivity contribution in [3.05, 3.63) is 41.5 Å². The van der Waals surface area contributed by atoms with Crippen molar-refractivity contribution in [3.63, 3.8) is 0 Å². The Morgan fingerprint density at radius 2 is 2.10 bits per heavy atom. The normalized spacial score (nSPS) is 10.4. The zero-order valence-corrected chi connectivity index (χ0v) is 11.6. The average Bonchev–Trinajstić information content (AvgIpc) is 2.92. The monoisotopic (exact) mass is 289 g/mol. The second-order valence-corrected chi connectivity index (χ2v) is 4.45. The number of aryl methyl sites for hydroxylation is 1. The van der Waals surface area contributed by atoms with E-state index in [1.165, 1.54) is 23.4 Å². The Hall–Kier alpha value is -2.83. The molecular formula is C14H15N3O4. The van der Waals surface area contributed by atoms with Gasteiger partial charge in [0.05, 0.1) is 12.0 Å². The number of imidazole rings is 1. The van der Waals surface area contributed by atoms with Gasteiger partial charge in [0.25, 0.3) is 5.91 Å². The number of nitrogens with zero attached hydrogens (tertiary/aromatic N) is 2. The first-order valence-electron chi connectivity index (χ1n) is 6.33. The van der Waals surface area contributed by atoms with Crippen molar-refractivity contribution < 1.29 is 19.8 Å². The van der Waals surface area contributed by atoms with Crippen LogP contribution >= 0.6 is 0 Å². The summed E-state index contributed by atoms with van der Waals surface area (Å²) in [5, 5.41) is 18.6. The smallest absolute Gasteiger partial charge is 0.354 e. The van der Waals surface area contributed by atoms with Crippen molar-refractivity contribution in [2.75, 3.05) is 11.4 Å². The quantitative estimate of drug-likeness (QED) is 0.795. The van der Waals surface area contributed by atoms with Crippen LogP contribution in [0.5, 0.6) is 5.75 Å². The lowest BCUT2D eigenvalue weighted by molar-refractivity contribution is 0.0686. The molecule has 7 heteroatoms. The van der Waals surface area contributed by atoms with Crippen LogP contribution in [0, 0.1) is 6.92 Å². The molecule has 0 aliphatic carbocycles. The van der Waals surface area contributed by atoms with E-state index in [1.54, 1.807) is 19.9 Å². The summed E-state index contributed by atoms with van der Waals surface area (Å²) in [5.74, 6) is -1.76. The van der Waals surface area contributed by atoms with Gasteiger partial charge in [-0.05, 0) is 25.5 Å². The first-order valence-corrected chi connectivity index (χ1v) is 6.33. The lowest BCUT2D eigenvalue weighted by Crippen LogP contribution is -2.32. The highest BCUT2D eigenvalue weighted by molar-refractivity contribution is 6.10. The molecular weight excluding hydrogens is 274 g/mol. The van der Waals surface area contributed by atoms with Gasteiger partial charge in [0.15, 0.2) is 11.4 Å². The van der Waals surface area contributed by atoms with E-state index in [9.17, 15) is 14.7 Å². The van der Waals surface area contributed by atoms with Gasteiger partial charge in [-0.3, -0.25) is 4.79 Å². The molecule has 7 nitrogen and oxygen atoms in total. The maximum atomic E-state index is 12.5. The first-order chi connectivity index (χ1) is 9.95. The van der Waals surface area contributed by atoms with Crippen LogP contribution in [0.1, 0.15) is 33.5 Å². The molecule has 0 spiro atoms. The molecule has 0 atom stereocenters. The Labute approximate surface area is 120 Å². The lowest BCUT2D eigenvalue weighted by Gasteiger charge is -2.22. The van der Waals surface area contributed by atoms with Crippen molar-refractivity contribution in [2.24, 2.45) is 0 Å². The number of aromatic carboxylic acids is 1. The highest BCUT2D eigenvalue weighted by atomic mass is 16.4. The van der Waals surface area contributed by atoms with E-state index < -0.39 is 11.9 Å². The van der Waals surface area contributed by atoms with Crippen LogP contribution in [0.2, 0.25) is 0 Å². The number of carbonyl (C=O) groups excluding carboxylic acids is 1. The van der Waals surface area contributed by atoms with Crippen LogP contribution in [0.3, 0.4) is 0 Å². The number of aromatic nitrogens is 2. The molecule has 0 saturated heterocycles. The fraction of sp³-hybridized carbons (Fsp3) is 0.214. The van der Waals surface area contributed by atoms with Gasteiger partial charge in [0.1, 0.15) is 5.75 Å². The van der Waals surface area contributed by atoms with Crippen LogP contribution in [0.15, 0.2) is 24.5 Å². The number of amides is 1. The number of hydrogen-bond donors (Lipinski definition) is 3. The number of H-pyrrole nitrogens is 1. The summed E-state index contributed by atoms with van der Waals surface area (Å²) in [6.07, 6.45) is 1.17. The van der Waals surface area contributed by atoms with E-state index in [1.807, 2.05) is 0 Å². The maximum absolute atomic E-state index is 12.5. The second kappa shape index (κ2) is 5.66. The van der Waals surface area contributed by atoms with E-state index in [0.29, 0.717) is 12.2 Å². The number of hydrogen-bond acceptors (Lipinski definition) is 4. The predicted molar refractivity (Wildman–Crippen MR) is 75.7 cm³/mol. The van der Waals surface area contributed by atoms with Gasteiger partial charge in [-0.15, -0.1) is 0 Å². The summed E-state index contributed by atoms with van der Waals surface area (Å²) in [7, 11) is 0. The summed E-state index contributed by atoms with van der Waals surface area (Å²) in [4.78, 5) is 31.2. The number of anilines is 1. The van der Waals surface area contributed by atoms with Crippen LogP contribution < -0.4 is 4.90 Å². The molecule has 0 aliphatic heterocycles. The third kappa shape index (κ3) is 2.71. The molecule has 1 heterocycles. The van der Waals surface area contributed by atoms with E-state index in [2.05, 4.69) is 9.97 Å². The number of carbonyl (C=O) groups is 2. The zero-order chi connectivity index (χ0) is 15.6. The molecule has 0 aliphatic rings. The molecule has 0 bridgehead atoms. The summed E-state index contributed by atoms with van der Waals surface area (Å²) >= 11 is 0. The molecule has 1 aromatic heterocycles. The Bertz CT molecular complexity index is 693. The molecule has 0 saturated carbocycles. The largest absolute Gasteiger partial charge is 0.508 e. The van der Waals surface area contributed by atoms with Crippen LogP contribution in [0.4, 0.5) is 5.69 Å². The van der Waals surface area contributed by atoms with E-state index in [4.69, 9.17) is 5.11 Å². The SMILES string of the molecule is CCN(C(=O)c1nc[nH]c1C(=O)O)c1cc(O)ccc1C. The van der Waals surface area contributed by atoms with Crippen molar-refractivity contribution in [3.8, 4) is 5.75 Å². The number of nitrogens with one attached hydrogen (secondary N) is 1. The number of phenols is 1. The van der Waals surface area contributed by atoms with Gasteiger partial charge in [-0.2, -0.15) is 0 Å². The van der Waals surface area contributed by atoms with Crippen LogP contribution in [-0.4, -0.2) is 38.6 Å². The predicted octanol–water partition coefficient (Wildman–Crippen LogP) is 1.79. The van der Waals surface area contributed by atoms with Gasteiger partial charge < -0.3 is 20.1 Å². The molecule has 2 aromatic rings. The van der Waals surface area contributed by atoms with Gasteiger partial charge in [-0.25, -0.2) is 9.78 Å². The number of aromatic amines is 1. The third-order valence-electron chi connectivity index (χ3n) is 3.10. The minimum atomic E-state index is -1.25. The number of phenolic OH excluding ortho intramolecular Hbond substituents is 1. The van der Waals surface area contributed by atoms with Crippen LogP contribution in [0.25, 0.3) is 0 Å². The number of rotatable bonds is 4. The Balaban J connectivity index is 2.46. The molecule has 0 unspecified atom stereocenters. The van der Waals surface area contributed by atoms with Gasteiger partial charge in [0.2, 0.25) is 0 Å². The molecule has 0 radical (unpaired) electrons.